The zero-order valence-corrected chi connectivity index (χ0v) is 19.5. The first-order valence-corrected chi connectivity index (χ1v) is 11.3. The molecule has 0 saturated carbocycles. The smallest absolute Gasteiger partial charge is 0.390 e. The molecule has 0 spiro atoms. The lowest BCUT2D eigenvalue weighted by molar-refractivity contribution is -0.139. The van der Waals surface area contributed by atoms with Gasteiger partial charge in [-0.1, -0.05) is 6.07 Å². The van der Waals surface area contributed by atoms with Crippen LogP contribution in [0.15, 0.2) is 36.5 Å². The Labute approximate surface area is 200 Å². The van der Waals surface area contributed by atoms with Crippen LogP contribution >= 0.6 is 0 Å². The van der Waals surface area contributed by atoms with E-state index in [0.29, 0.717) is 31.7 Å². The molecule has 0 amide bonds. The van der Waals surface area contributed by atoms with Crippen molar-refractivity contribution >= 4 is 16.9 Å². The number of hydrogen-bond acceptors (Lipinski definition) is 5. The number of aromatic amines is 1. The van der Waals surface area contributed by atoms with Gasteiger partial charge in [0.15, 0.2) is 0 Å². The normalized spacial score (nSPS) is 17.7. The lowest BCUT2D eigenvalue weighted by Gasteiger charge is -2.42. The molecular formula is C25H28F3N3O4. The van der Waals surface area contributed by atoms with Crippen LogP contribution in [0.5, 0.6) is 11.5 Å². The lowest BCUT2D eigenvalue weighted by atomic mass is 9.97. The van der Waals surface area contributed by atoms with E-state index in [2.05, 4.69) is 9.88 Å². The highest BCUT2D eigenvalue weighted by Gasteiger charge is 2.33. The zero-order chi connectivity index (χ0) is 25.3. The molecule has 10 heteroatoms. The summed E-state index contributed by atoms with van der Waals surface area (Å²) in [6.45, 7) is 3.59. The van der Waals surface area contributed by atoms with Gasteiger partial charge in [0.05, 0.1) is 13.5 Å². The van der Waals surface area contributed by atoms with E-state index >= 15 is 0 Å². The summed E-state index contributed by atoms with van der Waals surface area (Å²) >= 11 is 0. The van der Waals surface area contributed by atoms with Gasteiger partial charge in [0.1, 0.15) is 17.1 Å². The lowest BCUT2D eigenvalue weighted by Crippen LogP contribution is -2.48. The number of rotatable bonds is 7. The second kappa shape index (κ2) is 9.79. The molecular weight excluding hydrogens is 463 g/mol. The summed E-state index contributed by atoms with van der Waals surface area (Å²) < 4.78 is 44.2. The number of carboxylic acid groups (broad SMARTS) is 1. The number of aryl methyl sites for hydroxylation is 1. The maximum Gasteiger partial charge on any atom is 0.390 e. The van der Waals surface area contributed by atoms with Crippen LogP contribution in [0.1, 0.15) is 39.5 Å². The number of methoxy groups -OCH3 is 1. The van der Waals surface area contributed by atoms with E-state index in [1.54, 1.807) is 18.1 Å². The Balaban J connectivity index is 1.68. The van der Waals surface area contributed by atoms with Crippen molar-refractivity contribution in [3.8, 4) is 11.5 Å². The van der Waals surface area contributed by atoms with Crippen LogP contribution in [0.3, 0.4) is 0 Å². The van der Waals surface area contributed by atoms with Gasteiger partial charge in [-0.3, -0.25) is 9.80 Å². The van der Waals surface area contributed by atoms with Crippen molar-refractivity contribution in [2.75, 3.05) is 33.3 Å². The first kappa shape index (κ1) is 24.9. The molecule has 1 aromatic heterocycles. The topological polar surface area (TPSA) is 89.0 Å². The maximum absolute atomic E-state index is 12.9. The van der Waals surface area contributed by atoms with Gasteiger partial charge < -0.3 is 19.9 Å². The summed E-state index contributed by atoms with van der Waals surface area (Å²) in [6.07, 6.45) is -3.29. The molecule has 2 aromatic carbocycles. The summed E-state index contributed by atoms with van der Waals surface area (Å²) in [5.74, 6) is -0.902. The van der Waals surface area contributed by atoms with Crippen LogP contribution in [-0.2, 0) is 6.54 Å². The third-order valence-electron chi connectivity index (χ3n) is 6.62. The van der Waals surface area contributed by atoms with E-state index < -0.39 is 18.6 Å². The number of carboxylic acids is 1. The second-order valence-corrected chi connectivity index (χ2v) is 8.87. The molecule has 3 N–H and O–H groups in total. The maximum atomic E-state index is 12.9. The zero-order valence-electron chi connectivity index (χ0n) is 19.5. The number of aromatic nitrogens is 1. The molecule has 2 heterocycles. The molecule has 35 heavy (non-hydrogen) atoms. The first-order valence-electron chi connectivity index (χ1n) is 11.3. The molecule has 7 nitrogen and oxygen atoms in total. The van der Waals surface area contributed by atoms with Crippen molar-refractivity contribution in [2.24, 2.45) is 0 Å². The van der Waals surface area contributed by atoms with Gasteiger partial charge in [-0.25, -0.2) is 4.79 Å². The number of benzene rings is 2. The Morgan fingerprint density at radius 3 is 2.66 bits per heavy atom. The molecule has 1 atom stereocenters. The van der Waals surface area contributed by atoms with Gasteiger partial charge in [-0.15, -0.1) is 0 Å². The van der Waals surface area contributed by atoms with Crippen molar-refractivity contribution in [1.29, 1.82) is 0 Å². The van der Waals surface area contributed by atoms with E-state index in [-0.39, 0.29) is 23.9 Å². The minimum Gasteiger partial charge on any atom is -0.507 e. The summed E-state index contributed by atoms with van der Waals surface area (Å²) in [7, 11) is 1.60. The molecule has 0 radical (unpaired) electrons. The number of alkyl halides is 3. The van der Waals surface area contributed by atoms with Crippen LogP contribution in [-0.4, -0.2) is 70.4 Å². The van der Waals surface area contributed by atoms with Gasteiger partial charge >= 0.3 is 12.1 Å². The SMILES string of the molecule is COc1cc(C)c2[nH]ccc2c1CN1CCN(CCC(F)(F)F)C[C@@H]1c1ccc(C(=O)O)c(O)c1. The molecule has 1 saturated heterocycles. The highest BCUT2D eigenvalue weighted by Crippen LogP contribution is 2.36. The summed E-state index contributed by atoms with van der Waals surface area (Å²) in [5.41, 5.74) is 3.40. The van der Waals surface area contributed by atoms with Crippen LogP contribution in [0, 0.1) is 6.92 Å². The Morgan fingerprint density at radius 1 is 1.23 bits per heavy atom. The molecule has 1 aliphatic rings. The number of H-pyrrole nitrogens is 1. The van der Waals surface area contributed by atoms with Crippen LogP contribution in [0.25, 0.3) is 10.9 Å². The minimum atomic E-state index is -4.25. The Bertz CT molecular complexity index is 1220. The Hall–Kier alpha value is -3.24. The number of nitrogens with one attached hydrogen (secondary N) is 1. The summed E-state index contributed by atoms with van der Waals surface area (Å²) in [5, 5.41) is 20.5. The number of nitrogens with zero attached hydrogens (tertiary/aromatic N) is 2. The molecule has 0 aliphatic carbocycles. The molecule has 1 fully saturated rings. The number of fused-ring (bicyclic) bond motifs is 1. The average molecular weight is 492 g/mol. The quantitative estimate of drug-likeness (QED) is 0.444. The minimum absolute atomic E-state index is 0.122. The van der Waals surface area contributed by atoms with Crippen molar-refractivity contribution in [3.05, 3.63) is 58.8 Å². The number of halogens is 3. The number of aromatic hydroxyl groups is 1. The van der Waals surface area contributed by atoms with E-state index in [1.807, 2.05) is 25.3 Å². The summed E-state index contributed by atoms with van der Waals surface area (Å²) in [6, 6.07) is 7.92. The molecule has 0 unspecified atom stereocenters. The highest BCUT2D eigenvalue weighted by atomic mass is 19.4. The largest absolute Gasteiger partial charge is 0.507 e. The Morgan fingerprint density at radius 2 is 2.00 bits per heavy atom. The highest BCUT2D eigenvalue weighted by molar-refractivity contribution is 5.91. The van der Waals surface area contributed by atoms with Gasteiger partial charge in [0.25, 0.3) is 0 Å². The molecule has 3 aromatic rings. The van der Waals surface area contributed by atoms with Gasteiger partial charge in [0, 0.05) is 61.4 Å². The fourth-order valence-electron chi connectivity index (χ4n) is 4.79. The predicted octanol–water partition coefficient (Wildman–Crippen LogP) is 4.70. The van der Waals surface area contributed by atoms with Crippen molar-refractivity contribution in [2.45, 2.75) is 32.1 Å². The molecule has 4 rings (SSSR count). The van der Waals surface area contributed by atoms with Gasteiger partial charge in [-0.2, -0.15) is 13.2 Å². The van der Waals surface area contributed by atoms with E-state index in [4.69, 9.17) is 4.74 Å². The first-order chi connectivity index (χ1) is 16.6. The number of hydrogen-bond donors (Lipinski definition) is 3. The van der Waals surface area contributed by atoms with Crippen LogP contribution in [0.2, 0.25) is 0 Å². The van der Waals surface area contributed by atoms with Crippen LogP contribution in [0.4, 0.5) is 13.2 Å². The molecule has 0 bridgehead atoms. The standard InChI is InChI=1S/C25H28F3N3O4/c1-15-11-22(35-2)19(17-5-7-29-23(15)17)13-31-10-9-30(8-6-25(26,27)28)14-20(31)16-3-4-18(24(33)34)21(32)12-16/h3-5,7,11-12,20,29,32H,6,8-10,13-14H2,1-2H3,(H,33,34)/t20-/m1/s1. The predicted molar refractivity (Wildman–Crippen MR) is 125 cm³/mol. The molecule has 188 valence electrons. The van der Waals surface area contributed by atoms with E-state index in [1.165, 1.54) is 12.1 Å². The molecule has 1 aliphatic heterocycles. The number of carbonyl (C=O) groups is 1. The summed E-state index contributed by atoms with van der Waals surface area (Å²) in [4.78, 5) is 18.5. The Kier molecular flexibility index (Phi) is 6.95. The number of phenols is 1. The number of piperazine rings is 1. The number of ether oxygens (including phenoxy) is 1. The monoisotopic (exact) mass is 491 g/mol. The van der Waals surface area contributed by atoms with Gasteiger partial charge in [-0.05, 0) is 42.3 Å². The second-order valence-electron chi connectivity index (χ2n) is 8.87. The van der Waals surface area contributed by atoms with E-state index in [0.717, 1.165) is 27.8 Å². The fraction of sp³-hybridized carbons (Fsp3) is 0.400. The van der Waals surface area contributed by atoms with E-state index in [9.17, 15) is 28.2 Å². The third kappa shape index (κ3) is 5.38. The van der Waals surface area contributed by atoms with Crippen molar-refractivity contribution in [3.63, 3.8) is 0 Å². The average Bonchev–Trinajstić information content (AvgIpc) is 3.30. The number of aromatic carboxylic acids is 1. The third-order valence-corrected chi connectivity index (χ3v) is 6.62. The van der Waals surface area contributed by atoms with Gasteiger partial charge in [0.2, 0.25) is 0 Å². The van der Waals surface area contributed by atoms with Crippen molar-refractivity contribution in [1.82, 2.24) is 14.8 Å². The fourth-order valence-corrected chi connectivity index (χ4v) is 4.79. The van der Waals surface area contributed by atoms with Crippen LogP contribution < -0.4 is 4.74 Å². The van der Waals surface area contributed by atoms with Crippen molar-refractivity contribution < 1.29 is 32.9 Å².